The third-order valence-electron chi connectivity index (χ3n) is 4.43. The number of benzene rings is 4. The monoisotopic (exact) mass is 310 g/mol. The minimum Gasteiger partial charge on any atom is -0.298 e. The van der Waals surface area contributed by atoms with Gasteiger partial charge in [-0.3, -0.25) is 9.59 Å². The van der Waals surface area contributed by atoms with Crippen molar-refractivity contribution >= 4 is 34.1 Å². The van der Waals surface area contributed by atoms with Gasteiger partial charge in [-0.1, -0.05) is 66.7 Å². The number of fused-ring (bicyclic) bond motifs is 2. The third kappa shape index (κ3) is 2.12. The predicted octanol–water partition coefficient (Wildman–Crippen LogP) is 5.29. The van der Waals surface area contributed by atoms with Gasteiger partial charge in [-0.2, -0.15) is 0 Å². The van der Waals surface area contributed by atoms with Crippen molar-refractivity contribution < 1.29 is 9.59 Å². The molecule has 0 amide bonds. The largest absolute Gasteiger partial charge is 0.298 e. The summed E-state index contributed by atoms with van der Waals surface area (Å²) in [5.41, 5.74) is 2.66. The Hall–Kier alpha value is -3.26. The molecule has 0 fully saturated rings. The van der Waals surface area contributed by atoms with E-state index >= 15 is 0 Å². The fraction of sp³-hybridized carbons (Fsp3) is 0. The van der Waals surface area contributed by atoms with Crippen molar-refractivity contribution in [3.8, 4) is 11.1 Å². The van der Waals surface area contributed by atoms with Crippen LogP contribution in [0.3, 0.4) is 0 Å². The molecule has 0 aliphatic carbocycles. The maximum absolute atomic E-state index is 11.8. The normalized spacial score (nSPS) is 10.8. The van der Waals surface area contributed by atoms with E-state index in [9.17, 15) is 9.59 Å². The van der Waals surface area contributed by atoms with E-state index in [0.29, 0.717) is 11.1 Å². The van der Waals surface area contributed by atoms with Crippen molar-refractivity contribution in [2.24, 2.45) is 0 Å². The van der Waals surface area contributed by atoms with Gasteiger partial charge in [0, 0.05) is 16.7 Å². The Morgan fingerprint density at radius 3 is 2.04 bits per heavy atom. The lowest BCUT2D eigenvalue weighted by molar-refractivity contribution is 0.109. The maximum Gasteiger partial charge on any atom is 0.151 e. The first-order valence-corrected chi connectivity index (χ1v) is 7.77. The second kappa shape index (κ2) is 5.74. The number of aldehydes is 2. The maximum atomic E-state index is 11.8. The van der Waals surface area contributed by atoms with E-state index in [1.807, 2.05) is 66.7 Å². The van der Waals surface area contributed by atoms with E-state index in [-0.39, 0.29) is 0 Å². The molecule has 0 unspecified atom stereocenters. The molecule has 0 aliphatic heterocycles. The van der Waals surface area contributed by atoms with E-state index in [0.717, 1.165) is 45.2 Å². The summed E-state index contributed by atoms with van der Waals surface area (Å²) in [5, 5.41) is 4.10. The molecule has 2 heteroatoms. The number of hydrogen-bond acceptors (Lipinski definition) is 2. The quantitative estimate of drug-likeness (QED) is 0.482. The predicted molar refractivity (Wildman–Crippen MR) is 97.7 cm³/mol. The second-order valence-electron chi connectivity index (χ2n) is 5.74. The highest BCUT2D eigenvalue weighted by molar-refractivity contribution is 6.13. The minimum atomic E-state index is 0.423. The fourth-order valence-electron chi connectivity index (χ4n) is 3.34. The lowest BCUT2D eigenvalue weighted by Gasteiger charge is -2.14. The van der Waals surface area contributed by atoms with Crippen LogP contribution in [0.2, 0.25) is 0 Å². The zero-order chi connectivity index (χ0) is 16.5. The highest BCUT2D eigenvalue weighted by Crippen LogP contribution is 2.37. The van der Waals surface area contributed by atoms with Crippen LogP contribution in [0.25, 0.3) is 32.7 Å². The Morgan fingerprint density at radius 2 is 1.29 bits per heavy atom. The van der Waals surface area contributed by atoms with Crippen molar-refractivity contribution in [3.63, 3.8) is 0 Å². The van der Waals surface area contributed by atoms with Gasteiger partial charge in [-0.25, -0.2) is 0 Å². The molecule has 0 spiro atoms. The molecule has 0 aliphatic rings. The van der Waals surface area contributed by atoms with Crippen molar-refractivity contribution in [1.82, 2.24) is 0 Å². The topological polar surface area (TPSA) is 34.1 Å². The first kappa shape index (κ1) is 14.3. The van der Waals surface area contributed by atoms with Crippen LogP contribution in [0.15, 0.2) is 72.8 Å². The van der Waals surface area contributed by atoms with Gasteiger partial charge < -0.3 is 0 Å². The van der Waals surface area contributed by atoms with Crippen LogP contribution >= 0.6 is 0 Å². The van der Waals surface area contributed by atoms with Crippen LogP contribution in [0.5, 0.6) is 0 Å². The molecule has 24 heavy (non-hydrogen) atoms. The fourth-order valence-corrected chi connectivity index (χ4v) is 3.34. The van der Waals surface area contributed by atoms with Gasteiger partial charge in [-0.05, 0) is 33.2 Å². The zero-order valence-electron chi connectivity index (χ0n) is 12.9. The van der Waals surface area contributed by atoms with Crippen molar-refractivity contribution in [3.05, 3.63) is 83.9 Å². The van der Waals surface area contributed by atoms with Crippen LogP contribution < -0.4 is 0 Å². The van der Waals surface area contributed by atoms with Gasteiger partial charge in [0.1, 0.15) is 0 Å². The number of rotatable bonds is 3. The van der Waals surface area contributed by atoms with Crippen molar-refractivity contribution in [2.45, 2.75) is 0 Å². The van der Waals surface area contributed by atoms with Gasteiger partial charge in [0.05, 0.1) is 0 Å². The first-order chi connectivity index (χ1) is 11.8. The van der Waals surface area contributed by atoms with Crippen LogP contribution in [-0.4, -0.2) is 12.6 Å². The van der Waals surface area contributed by atoms with E-state index in [1.165, 1.54) is 0 Å². The summed E-state index contributed by atoms with van der Waals surface area (Å²) < 4.78 is 0. The summed E-state index contributed by atoms with van der Waals surface area (Å²) >= 11 is 0. The molecule has 0 atom stereocenters. The molecule has 0 radical (unpaired) electrons. The van der Waals surface area contributed by atoms with Crippen LogP contribution in [0, 0.1) is 0 Å². The summed E-state index contributed by atoms with van der Waals surface area (Å²) in [5.74, 6) is 0. The van der Waals surface area contributed by atoms with Crippen LogP contribution in [0.4, 0.5) is 0 Å². The highest BCUT2D eigenvalue weighted by atomic mass is 16.1. The molecule has 114 valence electrons. The van der Waals surface area contributed by atoms with E-state index < -0.39 is 0 Å². The zero-order valence-corrected chi connectivity index (χ0v) is 12.9. The summed E-state index contributed by atoms with van der Waals surface area (Å²) in [6.07, 6.45) is 1.54. The minimum absolute atomic E-state index is 0.423. The molecule has 4 aromatic carbocycles. The van der Waals surface area contributed by atoms with Gasteiger partial charge in [0.15, 0.2) is 12.6 Å². The summed E-state index contributed by atoms with van der Waals surface area (Å²) in [7, 11) is 0. The lowest BCUT2D eigenvalue weighted by atomic mass is 9.88. The average molecular weight is 310 g/mol. The van der Waals surface area contributed by atoms with E-state index in [2.05, 4.69) is 0 Å². The smallest absolute Gasteiger partial charge is 0.151 e. The molecular weight excluding hydrogens is 296 g/mol. The molecule has 0 heterocycles. The lowest BCUT2D eigenvalue weighted by Crippen LogP contribution is -1.97. The molecule has 2 nitrogen and oxygen atoms in total. The Balaban J connectivity index is 2.23. The standard InChI is InChI=1S/C22H14O2/c23-13-17-12-16-7-2-4-10-19(16)22(21(17)14-24)20-11-5-8-15-6-1-3-9-18(15)20/h1-14H. The van der Waals surface area contributed by atoms with Gasteiger partial charge >= 0.3 is 0 Å². The van der Waals surface area contributed by atoms with E-state index in [4.69, 9.17) is 0 Å². The molecule has 0 bridgehead atoms. The second-order valence-corrected chi connectivity index (χ2v) is 5.74. The summed E-state index contributed by atoms with van der Waals surface area (Å²) in [4.78, 5) is 23.3. The summed E-state index contributed by atoms with van der Waals surface area (Å²) in [6.45, 7) is 0. The SMILES string of the molecule is O=Cc1cc2ccccc2c(-c2cccc3ccccc23)c1C=O. The Labute approximate surface area is 139 Å². The Bertz CT molecular complexity index is 1090. The molecule has 0 N–H and O–H groups in total. The molecule has 4 aromatic rings. The van der Waals surface area contributed by atoms with Crippen molar-refractivity contribution in [2.75, 3.05) is 0 Å². The third-order valence-corrected chi connectivity index (χ3v) is 4.43. The molecule has 4 rings (SSSR count). The highest BCUT2D eigenvalue weighted by Gasteiger charge is 2.16. The summed E-state index contributed by atoms with van der Waals surface area (Å²) in [6, 6.07) is 23.7. The molecule has 0 saturated carbocycles. The van der Waals surface area contributed by atoms with Crippen LogP contribution in [-0.2, 0) is 0 Å². The Morgan fingerprint density at radius 1 is 0.625 bits per heavy atom. The number of hydrogen-bond donors (Lipinski definition) is 0. The Kier molecular flexibility index (Phi) is 3.43. The van der Waals surface area contributed by atoms with Crippen LogP contribution in [0.1, 0.15) is 20.7 Å². The average Bonchev–Trinajstić information content (AvgIpc) is 2.66. The van der Waals surface area contributed by atoms with Crippen molar-refractivity contribution in [1.29, 1.82) is 0 Å². The first-order valence-electron chi connectivity index (χ1n) is 7.77. The molecular formula is C22H14O2. The molecule has 0 saturated heterocycles. The van der Waals surface area contributed by atoms with Gasteiger partial charge in [0.25, 0.3) is 0 Å². The number of carbonyl (C=O) groups is 2. The van der Waals surface area contributed by atoms with Gasteiger partial charge in [0.2, 0.25) is 0 Å². The van der Waals surface area contributed by atoms with Gasteiger partial charge in [-0.15, -0.1) is 0 Å². The van der Waals surface area contributed by atoms with E-state index in [1.54, 1.807) is 6.07 Å². The molecule has 0 aromatic heterocycles. The number of carbonyl (C=O) groups excluding carboxylic acids is 2.